The summed E-state index contributed by atoms with van der Waals surface area (Å²) < 4.78 is 64.8. The molecule has 0 aromatic heterocycles. The van der Waals surface area contributed by atoms with Gasteiger partial charge in [0.15, 0.2) is 0 Å². The normalized spacial score (nSPS) is 14.6. The standard InChI is InChI=1S/C16H15F3N2O2S.ClH/c17-16(18,19)11-6-8-12(9-7-11)24(22,23)21-10-2-3-13-14(20)4-1-5-15(13)21;/h1,4-9H,2-3,10,20H2;1H. The van der Waals surface area contributed by atoms with Crippen LogP contribution in [0.2, 0.25) is 0 Å². The van der Waals surface area contributed by atoms with Crippen LogP contribution >= 0.6 is 12.4 Å². The topological polar surface area (TPSA) is 63.4 Å². The Bertz CT molecular complexity index is 868. The van der Waals surface area contributed by atoms with Crippen molar-refractivity contribution in [3.63, 3.8) is 0 Å². The summed E-state index contributed by atoms with van der Waals surface area (Å²) in [5.41, 5.74) is 6.77. The van der Waals surface area contributed by atoms with E-state index in [0.29, 0.717) is 24.2 Å². The van der Waals surface area contributed by atoms with Gasteiger partial charge in [-0.1, -0.05) is 6.07 Å². The smallest absolute Gasteiger partial charge is 0.398 e. The van der Waals surface area contributed by atoms with Crippen LogP contribution in [0.5, 0.6) is 0 Å². The lowest BCUT2D eigenvalue weighted by Gasteiger charge is -2.31. The van der Waals surface area contributed by atoms with Crippen molar-refractivity contribution in [1.82, 2.24) is 0 Å². The van der Waals surface area contributed by atoms with Crippen molar-refractivity contribution >= 4 is 33.8 Å². The van der Waals surface area contributed by atoms with E-state index in [1.807, 2.05) is 0 Å². The van der Waals surface area contributed by atoms with Gasteiger partial charge < -0.3 is 5.73 Å². The molecule has 0 aliphatic carbocycles. The zero-order valence-electron chi connectivity index (χ0n) is 13.0. The molecule has 0 spiro atoms. The van der Waals surface area contributed by atoms with Crippen LogP contribution in [0, 0.1) is 0 Å². The second kappa shape index (κ2) is 6.76. The Labute approximate surface area is 149 Å². The molecule has 1 aliphatic heterocycles. The van der Waals surface area contributed by atoms with Gasteiger partial charge in [-0.05, 0) is 54.8 Å². The van der Waals surface area contributed by atoms with E-state index >= 15 is 0 Å². The number of sulfonamides is 1. The SMILES string of the molecule is Cl.Nc1cccc2c1CCCN2S(=O)(=O)c1ccc(C(F)(F)F)cc1. The summed E-state index contributed by atoms with van der Waals surface area (Å²) in [6.07, 6.45) is -3.24. The Morgan fingerprint density at radius 3 is 2.28 bits per heavy atom. The Morgan fingerprint density at radius 2 is 1.68 bits per heavy atom. The van der Waals surface area contributed by atoms with E-state index < -0.39 is 21.8 Å². The minimum absolute atomic E-state index is 0. The number of hydrogen-bond acceptors (Lipinski definition) is 3. The summed E-state index contributed by atoms with van der Waals surface area (Å²) in [6, 6.07) is 8.54. The molecule has 1 aliphatic rings. The number of nitrogens with zero attached hydrogens (tertiary/aromatic N) is 1. The van der Waals surface area contributed by atoms with Crippen LogP contribution < -0.4 is 10.0 Å². The fourth-order valence-electron chi connectivity index (χ4n) is 2.81. The molecular weight excluding hydrogens is 377 g/mol. The summed E-state index contributed by atoms with van der Waals surface area (Å²) in [5, 5.41) is 0. The molecular formula is C16H16ClF3N2O2S. The number of nitrogens with two attached hydrogens (primary N) is 1. The molecule has 2 aromatic carbocycles. The van der Waals surface area contributed by atoms with E-state index in [4.69, 9.17) is 5.73 Å². The van der Waals surface area contributed by atoms with Crippen LogP contribution in [0.4, 0.5) is 24.5 Å². The van der Waals surface area contributed by atoms with Crippen molar-refractivity contribution < 1.29 is 21.6 Å². The third-order valence-corrected chi connectivity index (χ3v) is 5.84. The molecule has 25 heavy (non-hydrogen) atoms. The lowest BCUT2D eigenvalue weighted by Crippen LogP contribution is -2.35. The summed E-state index contributed by atoms with van der Waals surface area (Å²) in [7, 11) is -3.94. The van der Waals surface area contributed by atoms with Crippen LogP contribution in [0.25, 0.3) is 0 Å². The monoisotopic (exact) mass is 392 g/mol. The quantitative estimate of drug-likeness (QED) is 0.789. The fraction of sp³-hybridized carbons (Fsp3) is 0.250. The van der Waals surface area contributed by atoms with E-state index in [9.17, 15) is 21.6 Å². The zero-order chi connectivity index (χ0) is 17.5. The van der Waals surface area contributed by atoms with Crippen molar-refractivity contribution in [3.8, 4) is 0 Å². The Hall–Kier alpha value is -1.93. The summed E-state index contributed by atoms with van der Waals surface area (Å²) in [5.74, 6) is 0. The van der Waals surface area contributed by atoms with Gasteiger partial charge in [-0.15, -0.1) is 12.4 Å². The van der Waals surface area contributed by atoms with Crippen LogP contribution in [0.15, 0.2) is 47.4 Å². The highest BCUT2D eigenvalue weighted by molar-refractivity contribution is 7.92. The first kappa shape index (κ1) is 19.4. The summed E-state index contributed by atoms with van der Waals surface area (Å²) >= 11 is 0. The first-order valence-electron chi connectivity index (χ1n) is 7.28. The number of alkyl halides is 3. The van der Waals surface area contributed by atoms with Gasteiger partial charge >= 0.3 is 6.18 Å². The van der Waals surface area contributed by atoms with E-state index in [1.54, 1.807) is 18.2 Å². The maximum absolute atomic E-state index is 12.8. The maximum atomic E-state index is 12.8. The molecule has 0 amide bonds. The number of anilines is 2. The van der Waals surface area contributed by atoms with Gasteiger partial charge in [0.2, 0.25) is 0 Å². The third kappa shape index (κ3) is 3.55. The summed E-state index contributed by atoms with van der Waals surface area (Å²) in [4.78, 5) is -0.175. The number of hydrogen-bond donors (Lipinski definition) is 1. The molecule has 136 valence electrons. The predicted octanol–water partition coefficient (Wildman–Crippen LogP) is 3.85. The molecule has 9 heteroatoms. The van der Waals surface area contributed by atoms with Gasteiger partial charge in [0.25, 0.3) is 10.0 Å². The van der Waals surface area contributed by atoms with E-state index in [-0.39, 0.29) is 23.8 Å². The Morgan fingerprint density at radius 1 is 1.04 bits per heavy atom. The van der Waals surface area contributed by atoms with E-state index in [1.165, 1.54) is 4.31 Å². The van der Waals surface area contributed by atoms with Crippen molar-refractivity contribution in [3.05, 3.63) is 53.6 Å². The largest absolute Gasteiger partial charge is 0.416 e. The van der Waals surface area contributed by atoms with Crippen molar-refractivity contribution in [2.45, 2.75) is 23.9 Å². The molecule has 0 unspecified atom stereocenters. The molecule has 2 aromatic rings. The number of benzene rings is 2. The highest BCUT2D eigenvalue weighted by Crippen LogP contribution is 2.36. The number of rotatable bonds is 2. The molecule has 4 nitrogen and oxygen atoms in total. The van der Waals surface area contributed by atoms with Gasteiger partial charge in [-0.3, -0.25) is 4.31 Å². The molecule has 0 radical (unpaired) electrons. The van der Waals surface area contributed by atoms with E-state index in [2.05, 4.69) is 0 Å². The van der Waals surface area contributed by atoms with Crippen molar-refractivity contribution in [2.24, 2.45) is 0 Å². The van der Waals surface area contributed by atoms with Crippen molar-refractivity contribution in [2.75, 3.05) is 16.6 Å². The van der Waals surface area contributed by atoms with Crippen LogP contribution in [0.3, 0.4) is 0 Å². The summed E-state index contributed by atoms with van der Waals surface area (Å²) in [6.45, 7) is 0.264. The average molecular weight is 393 g/mol. The lowest BCUT2D eigenvalue weighted by molar-refractivity contribution is -0.137. The number of fused-ring (bicyclic) bond motifs is 1. The molecule has 2 N–H and O–H groups in total. The minimum atomic E-state index is -4.51. The predicted molar refractivity (Wildman–Crippen MR) is 92.4 cm³/mol. The molecule has 1 heterocycles. The lowest BCUT2D eigenvalue weighted by atomic mass is 10.0. The van der Waals surface area contributed by atoms with Crippen LogP contribution in [-0.2, 0) is 22.6 Å². The van der Waals surface area contributed by atoms with Gasteiger partial charge in [0, 0.05) is 12.2 Å². The number of nitrogen functional groups attached to an aromatic ring is 1. The highest BCUT2D eigenvalue weighted by atomic mass is 35.5. The van der Waals surface area contributed by atoms with Gasteiger partial charge in [-0.25, -0.2) is 8.42 Å². The molecule has 0 atom stereocenters. The maximum Gasteiger partial charge on any atom is 0.416 e. The van der Waals surface area contributed by atoms with E-state index in [0.717, 1.165) is 29.8 Å². The Balaban J connectivity index is 0.00000225. The van der Waals surface area contributed by atoms with Gasteiger partial charge in [-0.2, -0.15) is 13.2 Å². The Kier molecular flexibility index (Phi) is 5.24. The first-order chi connectivity index (χ1) is 11.2. The number of halogens is 4. The van der Waals surface area contributed by atoms with Gasteiger partial charge in [0.05, 0.1) is 16.1 Å². The first-order valence-corrected chi connectivity index (χ1v) is 8.72. The second-order valence-electron chi connectivity index (χ2n) is 5.55. The second-order valence-corrected chi connectivity index (χ2v) is 7.41. The molecule has 0 fully saturated rings. The molecule has 0 saturated carbocycles. The average Bonchev–Trinajstić information content (AvgIpc) is 2.54. The van der Waals surface area contributed by atoms with Crippen molar-refractivity contribution in [1.29, 1.82) is 0 Å². The highest BCUT2D eigenvalue weighted by Gasteiger charge is 2.33. The molecule has 3 rings (SSSR count). The molecule has 0 bridgehead atoms. The minimum Gasteiger partial charge on any atom is -0.398 e. The zero-order valence-corrected chi connectivity index (χ0v) is 14.6. The van der Waals surface area contributed by atoms with Gasteiger partial charge in [0.1, 0.15) is 0 Å². The molecule has 0 saturated heterocycles. The van der Waals surface area contributed by atoms with Crippen LogP contribution in [0.1, 0.15) is 17.5 Å². The third-order valence-electron chi connectivity index (χ3n) is 4.01. The van der Waals surface area contributed by atoms with Crippen LogP contribution in [-0.4, -0.2) is 15.0 Å². The fourth-order valence-corrected chi connectivity index (χ4v) is 4.34.